The average molecular weight is 211 g/mol. The maximum atomic E-state index is 10.9. The molecule has 0 heterocycles. The predicted octanol–water partition coefficient (Wildman–Crippen LogP) is 3.50. The molecule has 0 spiro atoms. The van der Waals surface area contributed by atoms with Crippen LogP contribution in [-0.4, -0.2) is 5.78 Å². The van der Waals surface area contributed by atoms with E-state index in [0.29, 0.717) is 12.3 Å². The Kier molecular flexibility index (Phi) is 4.15. The van der Waals surface area contributed by atoms with Crippen molar-refractivity contribution in [1.29, 1.82) is 0 Å². The number of benzene rings is 1. The van der Waals surface area contributed by atoms with Crippen LogP contribution in [-0.2, 0) is 11.2 Å². The van der Waals surface area contributed by atoms with Crippen molar-refractivity contribution in [2.45, 2.75) is 26.7 Å². The SMILES string of the molecule is CC(=O)CC(C)Cc1ccccc1Cl. The molecule has 1 unspecified atom stereocenters. The molecular formula is C12H15ClO. The molecule has 0 N–H and O–H groups in total. The second kappa shape index (κ2) is 5.16. The molecule has 0 fully saturated rings. The fraction of sp³-hybridized carbons (Fsp3) is 0.417. The zero-order chi connectivity index (χ0) is 10.6. The topological polar surface area (TPSA) is 17.1 Å². The second-order valence-corrected chi connectivity index (χ2v) is 4.21. The van der Waals surface area contributed by atoms with Crippen molar-refractivity contribution in [3.63, 3.8) is 0 Å². The Hall–Kier alpha value is -0.820. The van der Waals surface area contributed by atoms with Gasteiger partial charge in [0.05, 0.1) is 0 Å². The van der Waals surface area contributed by atoms with Gasteiger partial charge in [0.15, 0.2) is 0 Å². The smallest absolute Gasteiger partial charge is 0.130 e. The molecule has 0 radical (unpaired) electrons. The summed E-state index contributed by atoms with van der Waals surface area (Å²) in [4.78, 5) is 10.9. The summed E-state index contributed by atoms with van der Waals surface area (Å²) in [6.45, 7) is 3.70. The molecule has 0 saturated heterocycles. The molecule has 0 aliphatic rings. The summed E-state index contributed by atoms with van der Waals surface area (Å²) in [6.07, 6.45) is 1.50. The van der Waals surface area contributed by atoms with Gasteiger partial charge in [0.1, 0.15) is 5.78 Å². The van der Waals surface area contributed by atoms with Gasteiger partial charge in [-0.2, -0.15) is 0 Å². The molecule has 1 aromatic rings. The quantitative estimate of drug-likeness (QED) is 0.744. The van der Waals surface area contributed by atoms with Gasteiger partial charge in [-0.1, -0.05) is 36.7 Å². The fourth-order valence-electron chi connectivity index (χ4n) is 1.60. The molecule has 0 saturated carbocycles. The summed E-state index contributed by atoms with van der Waals surface area (Å²) >= 11 is 6.02. The van der Waals surface area contributed by atoms with Crippen LogP contribution in [0.5, 0.6) is 0 Å². The highest BCUT2D eigenvalue weighted by Crippen LogP contribution is 2.20. The third-order valence-electron chi connectivity index (χ3n) is 2.16. The van der Waals surface area contributed by atoms with Crippen LogP contribution in [0, 0.1) is 5.92 Å². The number of carbonyl (C=O) groups is 1. The van der Waals surface area contributed by atoms with Gasteiger partial charge >= 0.3 is 0 Å². The van der Waals surface area contributed by atoms with E-state index < -0.39 is 0 Å². The Balaban J connectivity index is 2.60. The number of Topliss-reactive ketones (excluding diaryl/α,β-unsaturated/α-hetero) is 1. The first-order valence-electron chi connectivity index (χ1n) is 4.82. The second-order valence-electron chi connectivity index (χ2n) is 3.81. The summed E-state index contributed by atoms with van der Waals surface area (Å²) in [5, 5.41) is 0.794. The number of hydrogen-bond donors (Lipinski definition) is 0. The van der Waals surface area contributed by atoms with Gasteiger partial charge < -0.3 is 4.79 Å². The van der Waals surface area contributed by atoms with Crippen molar-refractivity contribution in [3.8, 4) is 0 Å². The highest BCUT2D eigenvalue weighted by atomic mass is 35.5. The van der Waals surface area contributed by atoms with Gasteiger partial charge in [0.2, 0.25) is 0 Å². The lowest BCUT2D eigenvalue weighted by Crippen LogP contribution is -2.05. The fourth-order valence-corrected chi connectivity index (χ4v) is 1.82. The van der Waals surface area contributed by atoms with Crippen molar-refractivity contribution in [2.75, 3.05) is 0 Å². The lowest BCUT2D eigenvalue weighted by Gasteiger charge is -2.10. The molecule has 1 rings (SSSR count). The maximum Gasteiger partial charge on any atom is 0.130 e. The molecule has 0 aliphatic carbocycles. The first-order valence-corrected chi connectivity index (χ1v) is 5.20. The van der Waals surface area contributed by atoms with E-state index in [1.807, 2.05) is 24.3 Å². The predicted molar refractivity (Wildman–Crippen MR) is 59.6 cm³/mol. The van der Waals surface area contributed by atoms with Gasteiger partial charge in [-0.3, -0.25) is 0 Å². The summed E-state index contributed by atoms with van der Waals surface area (Å²) in [5.41, 5.74) is 1.13. The number of carbonyl (C=O) groups excluding carboxylic acids is 1. The van der Waals surface area contributed by atoms with Crippen LogP contribution in [0.3, 0.4) is 0 Å². The van der Waals surface area contributed by atoms with Crippen LogP contribution < -0.4 is 0 Å². The van der Waals surface area contributed by atoms with Crippen molar-refractivity contribution in [3.05, 3.63) is 34.9 Å². The summed E-state index contributed by atoms with van der Waals surface area (Å²) in [6, 6.07) is 7.79. The zero-order valence-corrected chi connectivity index (χ0v) is 9.34. The Morgan fingerprint density at radius 1 is 1.43 bits per heavy atom. The normalized spacial score (nSPS) is 12.5. The van der Waals surface area contributed by atoms with Crippen LogP contribution >= 0.6 is 11.6 Å². The Morgan fingerprint density at radius 2 is 2.07 bits per heavy atom. The molecule has 0 aliphatic heterocycles. The minimum atomic E-state index is 0.240. The van der Waals surface area contributed by atoms with Crippen molar-refractivity contribution >= 4 is 17.4 Å². The Bertz CT molecular complexity index is 320. The van der Waals surface area contributed by atoms with E-state index >= 15 is 0 Å². The van der Waals surface area contributed by atoms with Crippen molar-refractivity contribution in [2.24, 2.45) is 5.92 Å². The zero-order valence-electron chi connectivity index (χ0n) is 8.59. The first-order chi connectivity index (χ1) is 6.59. The molecule has 0 aromatic heterocycles. The van der Waals surface area contributed by atoms with E-state index in [9.17, 15) is 4.79 Å². The van der Waals surface area contributed by atoms with E-state index in [-0.39, 0.29) is 5.78 Å². The standard InChI is InChI=1S/C12H15ClO/c1-9(7-10(2)14)8-11-5-3-4-6-12(11)13/h3-6,9H,7-8H2,1-2H3. The maximum absolute atomic E-state index is 10.9. The number of ketones is 1. The summed E-state index contributed by atoms with van der Waals surface area (Å²) in [5.74, 6) is 0.608. The monoisotopic (exact) mass is 210 g/mol. The Morgan fingerprint density at radius 3 is 2.64 bits per heavy atom. The van der Waals surface area contributed by atoms with Crippen LogP contribution in [0.1, 0.15) is 25.8 Å². The van der Waals surface area contributed by atoms with E-state index in [1.165, 1.54) is 0 Å². The molecule has 0 bridgehead atoms. The third kappa shape index (κ3) is 3.51. The molecule has 14 heavy (non-hydrogen) atoms. The number of rotatable bonds is 4. The lowest BCUT2D eigenvalue weighted by atomic mass is 9.96. The molecule has 0 amide bonds. The van der Waals surface area contributed by atoms with Crippen molar-refractivity contribution in [1.82, 2.24) is 0 Å². The number of hydrogen-bond acceptors (Lipinski definition) is 1. The van der Waals surface area contributed by atoms with Crippen LogP contribution in [0.4, 0.5) is 0 Å². The van der Waals surface area contributed by atoms with E-state index in [1.54, 1.807) is 6.92 Å². The highest BCUT2D eigenvalue weighted by Gasteiger charge is 2.08. The van der Waals surface area contributed by atoms with E-state index in [0.717, 1.165) is 17.0 Å². The summed E-state index contributed by atoms with van der Waals surface area (Å²) < 4.78 is 0. The van der Waals surface area contributed by atoms with Gasteiger partial charge in [-0.05, 0) is 30.9 Å². The van der Waals surface area contributed by atoms with Gasteiger partial charge in [0, 0.05) is 11.4 Å². The highest BCUT2D eigenvalue weighted by molar-refractivity contribution is 6.31. The average Bonchev–Trinajstić information content (AvgIpc) is 2.07. The lowest BCUT2D eigenvalue weighted by molar-refractivity contribution is -0.117. The van der Waals surface area contributed by atoms with Crippen molar-refractivity contribution < 1.29 is 4.79 Å². The van der Waals surface area contributed by atoms with E-state index in [4.69, 9.17) is 11.6 Å². The molecule has 1 aromatic carbocycles. The van der Waals surface area contributed by atoms with Crippen LogP contribution in [0.25, 0.3) is 0 Å². The molecule has 2 heteroatoms. The molecule has 1 atom stereocenters. The minimum Gasteiger partial charge on any atom is -0.300 e. The molecule has 1 nitrogen and oxygen atoms in total. The summed E-state index contributed by atoms with van der Waals surface area (Å²) in [7, 11) is 0. The van der Waals surface area contributed by atoms with Crippen LogP contribution in [0.15, 0.2) is 24.3 Å². The molecule has 76 valence electrons. The first kappa shape index (κ1) is 11.3. The largest absolute Gasteiger partial charge is 0.300 e. The van der Waals surface area contributed by atoms with Crippen LogP contribution in [0.2, 0.25) is 5.02 Å². The van der Waals surface area contributed by atoms with E-state index in [2.05, 4.69) is 6.92 Å². The number of halogens is 1. The minimum absolute atomic E-state index is 0.240. The molecular weight excluding hydrogens is 196 g/mol. The van der Waals surface area contributed by atoms with Gasteiger partial charge in [-0.15, -0.1) is 0 Å². The third-order valence-corrected chi connectivity index (χ3v) is 2.53. The Labute approximate surface area is 90.1 Å². The van der Waals surface area contributed by atoms with Gasteiger partial charge in [-0.25, -0.2) is 0 Å². The van der Waals surface area contributed by atoms with Gasteiger partial charge in [0.25, 0.3) is 0 Å².